The summed E-state index contributed by atoms with van der Waals surface area (Å²) < 4.78 is 0. The Morgan fingerprint density at radius 3 is 2.50 bits per heavy atom. The van der Waals surface area contributed by atoms with Gasteiger partial charge in [-0.15, -0.1) is 0 Å². The quantitative estimate of drug-likeness (QED) is 0.637. The van der Waals surface area contributed by atoms with E-state index in [2.05, 4.69) is 27.8 Å². The number of thioether (sulfide) groups is 1. The van der Waals surface area contributed by atoms with Gasteiger partial charge in [0.1, 0.15) is 28.5 Å². The second-order valence-corrected chi connectivity index (χ2v) is 6.06. The van der Waals surface area contributed by atoms with Crippen LogP contribution in [0.4, 0.5) is 5.82 Å². The Morgan fingerprint density at radius 1 is 1.23 bits per heavy atom. The highest BCUT2D eigenvalue weighted by molar-refractivity contribution is 8.00. The van der Waals surface area contributed by atoms with E-state index in [0.717, 1.165) is 11.8 Å². The van der Waals surface area contributed by atoms with E-state index in [1.165, 1.54) is 7.05 Å². The van der Waals surface area contributed by atoms with Crippen LogP contribution in [0.3, 0.4) is 0 Å². The first-order valence-electron chi connectivity index (χ1n) is 7.78. The van der Waals surface area contributed by atoms with Gasteiger partial charge in [-0.05, 0) is 5.56 Å². The van der Waals surface area contributed by atoms with Crippen molar-refractivity contribution >= 4 is 23.5 Å². The molecule has 0 saturated heterocycles. The third-order valence-corrected chi connectivity index (χ3v) is 4.45. The van der Waals surface area contributed by atoms with Crippen LogP contribution in [-0.2, 0) is 4.79 Å². The van der Waals surface area contributed by atoms with Crippen molar-refractivity contribution in [2.24, 2.45) is 0 Å². The van der Waals surface area contributed by atoms with E-state index in [-0.39, 0.29) is 41.8 Å². The Bertz CT molecular complexity index is 872. The van der Waals surface area contributed by atoms with Crippen molar-refractivity contribution < 1.29 is 9.90 Å². The number of carbonyl (C=O) groups excluding carboxylic acids is 1. The van der Waals surface area contributed by atoms with Crippen LogP contribution in [0.15, 0.2) is 35.4 Å². The highest BCUT2D eigenvalue weighted by atomic mass is 32.2. The molecule has 2 aromatic rings. The van der Waals surface area contributed by atoms with Gasteiger partial charge >= 0.3 is 0 Å². The minimum absolute atomic E-state index is 0.0950. The largest absolute Gasteiger partial charge is 0.395 e. The molecule has 1 aromatic heterocycles. The normalized spacial score (nSPS) is 9.85. The fourth-order valence-electron chi connectivity index (χ4n) is 2.28. The van der Waals surface area contributed by atoms with Crippen LogP contribution >= 0.6 is 11.8 Å². The first kappa shape index (κ1) is 19.3. The molecule has 0 aliphatic rings. The zero-order valence-corrected chi connectivity index (χ0v) is 14.9. The molecule has 7 nitrogen and oxygen atoms in total. The number of carbonyl (C=O) groups is 1. The van der Waals surface area contributed by atoms with Crippen molar-refractivity contribution in [3.63, 3.8) is 0 Å². The third kappa shape index (κ3) is 4.31. The highest BCUT2D eigenvalue weighted by Gasteiger charge is 2.21. The van der Waals surface area contributed by atoms with Crippen LogP contribution in [0.2, 0.25) is 0 Å². The first-order valence-corrected chi connectivity index (χ1v) is 8.76. The lowest BCUT2D eigenvalue weighted by atomic mass is 9.97. The number of aliphatic hydroxyl groups excluding tert-OH is 1. The van der Waals surface area contributed by atoms with Gasteiger partial charge in [0.05, 0.1) is 17.9 Å². The molecule has 0 fully saturated rings. The molecule has 0 aliphatic carbocycles. The fourth-order valence-corrected chi connectivity index (χ4v) is 3.14. The van der Waals surface area contributed by atoms with Gasteiger partial charge in [0.25, 0.3) is 0 Å². The fraction of sp³-hybridized carbons (Fsp3) is 0.222. The van der Waals surface area contributed by atoms with Crippen LogP contribution < -0.4 is 10.6 Å². The standard InChI is InChI=1S/C18H17N5O2S/c1-21-15(25)11-26-18-14(10-20)16(12-5-3-2-4-6-12)13(9-19)17(23-18)22-7-8-24/h2-6,24H,7-8,11H2,1H3,(H,21,25)(H,22,23). The van der Waals surface area contributed by atoms with Crippen LogP contribution in [0.25, 0.3) is 11.1 Å². The molecule has 1 heterocycles. The van der Waals surface area contributed by atoms with Gasteiger partial charge < -0.3 is 15.7 Å². The Kier molecular flexibility index (Phi) is 6.98. The molecule has 132 valence electrons. The van der Waals surface area contributed by atoms with Gasteiger partial charge in [-0.25, -0.2) is 4.98 Å². The van der Waals surface area contributed by atoms with Gasteiger partial charge in [0.2, 0.25) is 5.91 Å². The third-order valence-electron chi connectivity index (χ3n) is 3.47. The van der Waals surface area contributed by atoms with Gasteiger partial charge in [-0.2, -0.15) is 10.5 Å². The summed E-state index contributed by atoms with van der Waals surface area (Å²) in [5.74, 6) is 0.174. The number of nitriles is 2. The highest BCUT2D eigenvalue weighted by Crippen LogP contribution is 2.36. The molecule has 8 heteroatoms. The molecule has 3 N–H and O–H groups in total. The van der Waals surface area contributed by atoms with Crippen LogP contribution in [-0.4, -0.2) is 41.9 Å². The summed E-state index contributed by atoms with van der Waals surface area (Å²) in [6.45, 7) is 0.0787. The lowest BCUT2D eigenvalue weighted by molar-refractivity contribution is -0.118. The van der Waals surface area contributed by atoms with E-state index in [0.29, 0.717) is 16.2 Å². The molecule has 1 aromatic carbocycles. The second-order valence-electron chi connectivity index (χ2n) is 5.09. The van der Waals surface area contributed by atoms with E-state index in [1.807, 2.05) is 18.2 Å². The van der Waals surface area contributed by atoms with Gasteiger partial charge in [-0.3, -0.25) is 4.79 Å². The Hall–Kier alpha value is -3.07. The molecular weight excluding hydrogens is 350 g/mol. The predicted molar refractivity (Wildman–Crippen MR) is 99.5 cm³/mol. The van der Waals surface area contributed by atoms with Crippen molar-refractivity contribution in [3.8, 4) is 23.3 Å². The van der Waals surface area contributed by atoms with E-state index < -0.39 is 0 Å². The van der Waals surface area contributed by atoms with Gasteiger partial charge in [0.15, 0.2) is 0 Å². The minimum Gasteiger partial charge on any atom is -0.395 e. The molecule has 0 spiro atoms. The Labute approximate surface area is 155 Å². The van der Waals surface area contributed by atoms with Gasteiger partial charge in [0, 0.05) is 19.2 Å². The molecule has 26 heavy (non-hydrogen) atoms. The number of hydrogen-bond acceptors (Lipinski definition) is 7. The van der Waals surface area contributed by atoms with Crippen molar-refractivity contribution in [3.05, 3.63) is 41.5 Å². The number of anilines is 1. The minimum atomic E-state index is -0.198. The van der Waals surface area contributed by atoms with Crippen molar-refractivity contribution in [2.45, 2.75) is 5.03 Å². The van der Waals surface area contributed by atoms with Crippen molar-refractivity contribution in [1.82, 2.24) is 10.3 Å². The molecule has 0 radical (unpaired) electrons. The topological polar surface area (TPSA) is 122 Å². The zero-order valence-electron chi connectivity index (χ0n) is 14.1. The summed E-state index contributed by atoms with van der Waals surface area (Å²) in [6.07, 6.45) is 0. The lowest BCUT2D eigenvalue weighted by Crippen LogP contribution is -2.20. The van der Waals surface area contributed by atoms with Crippen LogP contribution in [0.1, 0.15) is 11.1 Å². The molecule has 0 saturated carbocycles. The summed E-state index contributed by atoms with van der Waals surface area (Å²) in [7, 11) is 1.53. The zero-order chi connectivity index (χ0) is 18.9. The van der Waals surface area contributed by atoms with E-state index in [9.17, 15) is 15.3 Å². The maximum atomic E-state index is 11.6. The molecule has 1 amide bonds. The van der Waals surface area contributed by atoms with E-state index in [4.69, 9.17) is 5.11 Å². The monoisotopic (exact) mass is 367 g/mol. The van der Waals surface area contributed by atoms with Crippen LogP contribution in [0.5, 0.6) is 0 Å². The maximum Gasteiger partial charge on any atom is 0.230 e. The number of nitrogens with zero attached hydrogens (tertiary/aromatic N) is 3. The summed E-state index contributed by atoms with van der Waals surface area (Å²) in [6, 6.07) is 13.3. The molecule has 0 unspecified atom stereocenters. The second kappa shape index (κ2) is 9.42. The number of hydrogen-bond donors (Lipinski definition) is 3. The van der Waals surface area contributed by atoms with Crippen molar-refractivity contribution in [2.75, 3.05) is 31.3 Å². The molecule has 2 rings (SSSR count). The number of amides is 1. The molecule has 0 aliphatic heterocycles. The molecule has 0 bridgehead atoms. The van der Waals surface area contributed by atoms with Crippen molar-refractivity contribution in [1.29, 1.82) is 10.5 Å². The Morgan fingerprint density at radius 2 is 1.92 bits per heavy atom. The smallest absolute Gasteiger partial charge is 0.230 e. The number of rotatable bonds is 7. The number of aromatic nitrogens is 1. The van der Waals surface area contributed by atoms with E-state index in [1.54, 1.807) is 12.1 Å². The van der Waals surface area contributed by atoms with E-state index >= 15 is 0 Å². The first-order chi connectivity index (χ1) is 12.7. The SMILES string of the molecule is CNC(=O)CSc1nc(NCCO)c(C#N)c(-c2ccccc2)c1C#N. The summed E-state index contributed by atoms with van der Waals surface area (Å²) >= 11 is 1.12. The molecular formula is C18H17N5O2S. The number of nitrogens with one attached hydrogen (secondary N) is 2. The van der Waals surface area contributed by atoms with Crippen LogP contribution in [0, 0.1) is 22.7 Å². The average Bonchev–Trinajstić information content (AvgIpc) is 2.69. The lowest BCUT2D eigenvalue weighted by Gasteiger charge is -2.15. The average molecular weight is 367 g/mol. The number of benzene rings is 1. The molecule has 0 atom stereocenters. The predicted octanol–water partition coefficient (Wildman–Crippen LogP) is 1.73. The number of pyridine rings is 1. The Balaban J connectivity index is 2.67. The summed E-state index contributed by atoms with van der Waals surface area (Å²) in [5, 5.41) is 34.2. The summed E-state index contributed by atoms with van der Waals surface area (Å²) in [4.78, 5) is 15.9. The maximum absolute atomic E-state index is 11.6. The number of aliphatic hydroxyl groups is 1. The summed E-state index contributed by atoms with van der Waals surface area (Å²) in [5.41, 5.74) is 1.64. The van der Waals surface area contributed by atoms with Gasteiger partial charge in [-0.1, -0.05) is 42.1 Å².